The number of nitrogens with one attached hydrogen (secondary N) is 1. The van der Waals surface area contributed by atoms with Crippen LogP contribution in [0.3, 0.4) is 0 Å². The standard InChI is InChI=1S/C21H21ClN4O3/c1-13(2)20-18(11-24-26(20)16-7-3-14(22)4-8-16)21(28)25-15-5-9-17(10-6-15)29-12-19(23)27/h3-11,13H,12H2,1-2H3,(H2,23,27)(H,25,28). The Morgan fingerprint density at radius 2 is 1.79 bits per heavy atom. The second kappa shape index (κ2) is 8.79. The van der Waals surface area contributed by atoms with Crippen molar-refractivity contribution in [2.75, 3.05) is 11.9 Å². The summed E-state index contributed by atoms with van der Waals surface area (Å²) in [6, 6.07) is 14.0. The van der Waals surface area contributed by atoms with E-state index in [9.17, 15) is 9.59 Å². The Labute approximate surface area is 173 Å². The Morgan fingerprint density at radius 3 is 2.38 bits per heavy atom. The smallest absolute Gasteiger partial charge is 0.259 e. The molecule has 0 atom stereocenters. The summed E-state index contributed by atoms with van der Waals surface area (Å²) in [5.41, 5.74) is 7.76. The Kier molecular flexibility index (Phi) is 6.19. The van der Waals surface area contributed by atoms with Gasteiger partial charge in [0.1, 0.15) is 5.75 Å². The minimum Gasteiger partial charge on any atom is -0.484 e. The Bertz CT molecular complexity index is 1010. The van der Waals surface area contributed by atoms with Gasteiger partial charge in [0, 0.05) is 10.7 Å². The van der Waals surface area contributed by atoms with Crippen molar-refractivity contribution in [2.45, 2.75) is 19.8 Å². The van der Waals surface area contributed by atoms with E-state index in [1.54, 1.807) is 47.3 Å². The number of carbonyl (C=O) groups excluding carboxylic acids is 2. The van der Waals surface area contributed by atoms with Gasteiger partial charge in [-0.15, -0.1) is 0 Å². The average Bonchev–Trinajstić information content (AvgIpc) is 3.13. The van der Waals surface area contributed by atoms with Crippen molar-refractivity contribution in [3.63, 3.8) is 0 Å². The molecule has 0 aliphatic heterocycles. The van der Waals surface area contributed by atoms with Crippen molar-refractivity contribution in [2.24, 2.45) is 5.73 Å². The monoisotopic (exact) mass is 412 g/mol. The van der Waals surface area contributed by atoms with E-state index in [2.05, 4.69) is 10.4 Å². The number of hydrogen-bond donors (Lipinski definition) is 2. The van der Waals surface area contributed by atoms with Crippen LogP contribution in [0.15, 0.2) is 54.7 Å². The molecule has 29 heavy (non-hydrogen) atoms. The molecule has 0 unspecified atom stereocenters. The van der Waals surface area contributed by atoms with Gasteiger partial charge in [-0.05, 0) is 54.4 Å². The normalized spacial score (nSPS) is 10.8. The predicted octanol–water partition coefficient (Wildman–Crippen LogP) is 3.77. The van der Waals surface area contributed by atoms with Gasteiger partial charge in [0.2, 0.25) is 0 Å². The van der Waals surface area contributed by atoms with Crippen LogP contribution in [0.4, 0.5) is 5.69 Å². The number of hydrogen-bond acceptors (Lipinski definition) is 4. The SMILES string of the molecule is CC(C)c1c(C(=O)Nc2ccc(OCC(N)=O)cc2)cnn1-c1ccc(Cl)cc1. The predicted molar refractivity (Wildman–Crippen MR) is 112 cm³/mol. The van der Waals surface area contributed by atoms with Gasteiger partial charge >= 0.3 is 0 Å². The Morgan fingerprint density at radius 1 is 1.14 bits per heavy atom. The number of aromatic nitrogens is 2. The van der Waals surface area contributed by atoms with Gasteiger partial charge in [0.15, 0.2) is 6.61 Å². The van der Waals surface area contributed by atoms with Crippen molar-refractivity contribution >= 4 is 29.1 Å². The molecular weight excluding hydrogens is 392 g/mol. The molecule has 3 N–H and O–H groups in total. The molecule has 1 aromatic heterocycles. The van der Waals surface area contributed by atoms with E-state index in [0.29, 0.717) is 22.0 Å². The maximum Gasteiger partial charge on any atom is 0.259 e. The van der Waals surface area contributed by atoms with Crippen LogP contribution in [0, 0.1) is 0 Å². The molecule has 0 aliphatic carbocycles. The first kappa shape index (κ1) is 20.4. The highest BCUT2D eigenvalue weighted by Crippen LogP contribution is 2.25. The molecule has 8 heteroatoms. The zero-order valence-corrected chi connectivity index (χ0v) is 16.8. The van der Waals surface area contributed by atoms with Gasteiger partial charge in [-0.3, -0.25) is 9.59 Å². The molecule has 3 rings (SSSR count). The molecule has 0 saturated carbocycles. The molecule has 0 radical (unpaired) electrons. The third kappa shape index (κ3) is 4.94. The van der Waals surface area contributed by atoms with Crippen LogP contribution >= 0.6 is 11.6 Å². The van der Waals surface area contributed by atoms with Gasteiger partial charge in [-0.1, -0.05) is 25.4 Å². The van der Waals surface area contributed by atoms with Gasteiger partial charge in [0.05, 0.1) is 23.1 Å². The second-order valence-electron chi connectivity index (χ2n) is 6.72. The van der Waals surface area contributed by atoms with Gasteiger partial charge in [0.25, 0.3) is 11.8 Å². The molecule has 2 aromatic carbocycles. The lowest BCUT2D eigenvalue weighted by molar-refractivity contribution is -0.119. The lowest BCUT2D eigenvalue weighted by atomic mass is 10.0. The number of nitrogens with two attached hydrogens (primary N) is 1. The molecule has 0 spiro atoms. The zero-order valence-electron chi connectivity index (χ0n) is 16.1. The zero-order chi connectivity index (χ0) is 21.0. The fraction of sp³-hybridized carbons (Fsp3) is 0.190. The molecule has 0 bridgehead atoms. The largest absolute Gasteiger partial charge is 0.484 e. The van der Waals surface area contributed by atoms with Crippen LogP contribution in [0.1, 0.15) is 35.8 Å². The first-order valence-corrected chi connectivity index (χ1v) is 9.39. The summed E-state index contributed by atoms with van der Waals surface area (Å²) < 4.78 is 6.96. The van der Waals surface area contributed by atoms with E-state index in [1.807, 2.05) is 26.0 Å². The third-order valence-electron chi connectivity index (χ3n) is 4.16. The number of halogens is 1. The summed E-state index contributed by atoms with van der Waals surface area (Å²) in [7, 11) is 0. The first-order valence-electron chi connectivity index (χ1n) is 9.01. The number of amides is 2. The van der Waals surface area contributed by atoms with Crippen LogP contribution in [0.5, 0.6) is 5.75 Å². The summed E-state index contributed by atoms with van der Waals surface area (Å²) in [4.78, 5) is 23.6. The van der Waals surface area contributed by atoms with Gasteiger partial charge in [-0.2, -0.15) is 5.10 Å². The first-order chi connectivity index (χ1) is 13.8. The number of primary amides is 1. The third-order valence-corrected chi connectivity index (χ3v) is 4.41. The maximum absolute atomic E-state index is 12.9. The molecule has 7 nitrogen and oxygen atoms in total. The molecule has 2 amide bonds. The van der Waals surface area contributed by atoms with Crippen molar-refractivity contribution in [3.05, 3.63) is 71.0 Å². The highest BCUT2D eigenvalue weighted by atomic mass is 35.5. The number of benzene rings is 2. The number of rotatable bonds is 7. The molecule has 3 aromatic rings. The minimum atomic E-state index is -0.554. The van der Waals surface area contributed by atoms with E-state index >= 15 is 0 Å². The number of anilines is 1. The minimum absolute atomic E-state index is 0.0681. The summed E-state index contributed by atoms with van der Waals surface area (Å²) in [6.45, 7) is 3.81. The molecule has 0 saturated heterocycles. The summed E-state index contributed by atoms with van der Waals surface area (Å²) in [6.07, 6.45) is 1.56. The van der Waals surface area contributed by atoms with Crippen molar-refractivity contribution in [1.29, 1.82) is 0 Å². The average molecular weight is 413 g/mol. The number of nitrogens with zero attached hydrogens (tertiary/aromatic N) is 2. The summed E-state index contributed by atoms with van der Waals surface area (Å²) in [5.74, 6) is -0.264. The molecule has 150 valence electrons. The fourth-order valence-corrected chi connectivity index (χ4v) is 2.99. The van der Waals surface area contributed by atoms with Crippen LogP contribution in [0.25, 0.3) is 5.69 Å². The van der Waals surface area contributed by atoms with E-state index in [-0.39, 0.29) is 18.4 Å². The van der Waals surface area contributed by atoms with Crippen molar-refractivity contribution in [1.82, 2.24) is 9.78 Å². The second-order valence-corrected chi connectivity index (χ2v) is 7.16. The van der Waals surface area contributed by atoms with Crippen LogP contribution < -0.4 is 15.8 Å². The summed E-state index contributed by atoms with van der Waals surface area (Å²) >= 11 is 5.97. The van der Waals surface area contributed by atoms with E-state index in [1.165, 1.54) is 0 Å². The fourth-order valence-electron chi connectivity index (χ4n) is 2.86. The van der Waals surface area contributed by atoms with Gasteiger partial charge < -0.3 is 15.8 Å². The van der Waals surface area contributed by atoms with Gasteiger partial charge in [-0.25, -0.2) is 4.68 Å². The van der Waals surface area contributed by atoms with E-state index in [0.717, 1.165) is 11.4 Å². The molecular formula is C21H21ClN4O3. The van der Waals surface area contributed by atoms with E-state index < -0.39 is 5.91 Å². The Hall–Kier alpha value is -3.32. The maximum atomic E-state index is 12.9. The quantitative estimate of drug-likeness (QED) is 0.617. The summed E-state index contributed by atoms with van der Waals surface area (Å²) in [5, 5.41) is 7.90. The Balaban J connectivity index is 1.80. The lowest BCUT2D eigenvalue weighted by Crippen LogP contribution is -2.20. The van der Waals surface area contributed by atoms with Crippen LogP contribution in [-0.2, 0) is 4.79 Å². The molecule has 1 heterocycles. The van der Waals surface area contributed by atoms with Crippen LogP contribution in [0.2, 0.25) is 5.02 Å². The number of ether oxygens (including phenoxy) is 1. The molecule has 0 aliphatic rings. The molecule has 0 fully saturated rings. The topological polar surface area (TPSA) is 99.2 Å². The van der Waals surface area contributed by atoms with Crippen LogP contribution in [-0.4, -0.2) is 28.2 Å². The van der Waals surface area contributed by atoms with E-state index in [4.69, 9.17) is 22.1 Å². The number of carbonyl (C=O) groups is 2. The lowest BCUT2D eigenvalue weighted by Gasteiger charge is -2.13. The highest BCUT2D eigenvalue weighted by molar-refractivity contribution is 6.30. The van der Waals surface area contributed by atoms with Crippen molar-refractivity contribution < 1.29 is 14.3 Å². The highest BCUT2D eigenvalue weighted by Gasteiger charge is 2.21. The van der Waals surface area contributed by atoms with Crippen molar-refractivity contribution in [3.8, 4) is 11.4 Å².